The number of aryl methyl sites for hydroxylation is 1. The molecule has 0 fully saturated rings. The first-order valence-corrected chi connectivity index (χ1v) is 6.91. The van der Waals surface area contributed by atoms with Crippen molar-refractivity contribution in [2.24, 2.45) is 0 Å². The number of halogens is 2. The van der Waals surface area contributed by atoms with E-state index in [1.165, 1.54) is 7.11 Å². The second-order valence-corrected chi connectivity index (χ2v) is 5.77. The lowest BCUT2D eigenvalue weighted by Gasteiger charge is -2.02. The van der Waals surface area contributed by atoms with Crippen molar-refractivity contribution in [3.8, 4) is 11.3 Å². The topological polar surface area (TPSA) is 52.3 Å². The lowest BCUT2D eigenvalue weighted by atomic mass is 10.1. The van der Waals surface area contributed by atoms with E-state index in [0.29, 0.717) is 17.0 Å². The highest BCUT2D eigenvalue weighted by molar-refractivity contribution is 14.1. The Kier molecular flexibility index (Phi) is 4.06. The lowest BCUT2D eigenvalue weighted by Crippen LogP contribution is -2.03. The van der Waals surface area contributed by atoms with Crippen molar-refractivity contribution in [3.63, 3.8) is 0 Å². The summed E-state index contributed by atoms with van der Waals surface area (Å²) in [6.45, 7) is 1.69. The van der Waals surface area contributed by atoms with E-state index in [1.807, 2.05) is 18.2 Å². The molecule has 0 unspecified atom stereocenters. The molecule has 0 amide bonds. The molecule has 0 bridgehead atoms. The van der Waals surface area contributed by atoms with E-state index in [0.717, 1.165) is 13.6 Å². The highest BCUT2D eigenvalue weighted by Crippen LogP contribution is 2.29. The van der Waals surface area contributed by atoms with Gasteiger partial charge >= 0.3 is 5.97 Å². The van der Waals surface area contributed by atoms with Crippen LogP contribution in [0.2, 0.25) is 0 Å². The number of esters is 1. The molecule has 0 aliphatic rings. The zero-order chi connectivity index (χ0) is 13.3. The van der Waals surface area contributed by atoms with Crippen LogP contribution in [0.5, 0.6) is 0 Å². The van der Waals surface area contributed by atoms with Gasteiger partial charge in [0.05, 0.1) is 7.11 Å². The highest BCUT2D eigenvalue weighted by atomic mass is 127. The van der Waals surface area contributed by atoms with Gasteiger partial charge in [-0.25, -0.2) is 4.79 Å². The first-order valence-electron chi connectivity index (χ1n) is 5.04. The van der Waals surface area contributed by atoms with E-state index in [4.69, 9.17) is 9.26 Å². The van der Waals surface area contributed by atoms with Gasteiger partial charge in [-0.15, -0.1) is 0 Å². The predicted octanol–water partition coefficient (Wildman–Crippen LogP) is 3.80. The van der Waals surface area contributed by atoms with Crippen LogP contribution in [-0.2, 0) is 4.74 Å². The number of ether oxygens (including phenoxy) is 1. The Labute approximate surface area is 126 Å². The van der Waals surface area contributed by atoms with Crippen LogP contribution in [0.3, 0.4) is 0 Å². The molecule has 94 valence electrons. The molecule has 4 nitrogen and oxygen atoms in total. The number of rotatable bonds is 2. The number of methoxy groups -OCH3 is 1. The van der Waals surface area contributed by atoms with Crippen molar-refractivity contribution >= 4 is 44.5 Å². The largest absolute Gasteiger partial charge is 0.465 e. The molecule has 0 aliphatic carbocycles. The fraction of sp³-hybridized carbons (Fsp3) is 0.167. The second kappa shape index (κ2) is 5.40. The van der Waals surface area contributed by atoms with Gasteiger partial charge in [0, 0.05) is 13.6 Å². The van der Waals surface area contributed by atoms with Crippen molar-refractivity contribution < 1.29 is 14.1 Å². The Bertz CT molecular complexity index is 589. The van der Waals surface area contributed by atoms with Crippen LogP contribution < -0.4 is 0 Å². The minimum absolute atomic E-state index is 0.367. The third-order valence-corrected chi connectivity index (χ3v) is 3.47. The van der Waals surface area contributed by atoms with Crippen LogP contribution >= 0.6 is 38.5 Å². The number of aromatic nitrogens is 1. The zero-order valence-corrected chi connectivity index (χ0v) is 13.4. The van der Waals surface area contributed by atoms with Crippen molar-refractivity contribution in [1.29, 1.82) is 0 Å². The van der Waals surface area contributed by atoms with Crippen LogP contribution in [0.25, 0.3) is 11.3 Å². The third kappa shape index (κ3) is 2.59. The summed E-state index contributed by atoms with van der Waals surface area (Å²) < 4.78 is 11.8. The quantitative estimate of drug-likeness (QED) is 0.546. The fourth-order valence-corrected chi connectivity index (χ4v) is 3.19. The van der Waals surface area contributed by atoms with E-state index in [2.05, 4.69) is 43.7 Å². The summed E-state index contributed by atoms with van der Waals surface area (Å²) in [7, 11) is 1.34. The molecular weight excluding hydrogens is 413 g/mol. The molecule has 1 heterocycles. The maximum absolute atomic E-state index is 11.7. The normalized spacial score (nSPS) is 10.4. The molecule has 1 aromatic carbocycles. The van der Waals surface area contributed by atoms with Crippen LogP contribution in [0, 0.1) is 10.5 Å². The summed E-state index contributed by atoms with van der Waals surface area (Å²) in [5, 5.41) is 3.94. The number of hydrogen-bond acceptors (Lipinski definition) is 4. The van der Waals surface area contributed by atoms with Crippen molar-refractivity contribution in [1.82, 2.24) is 5.16 Å². The van der Waals surface area contributed by atoms with E-state index >= 15 is 0 Å². The van der Waals surface area contributed by atoms with Gasteiger partial charge in [-0.05, 0) is 47.7 Å². The standard InChI is InChI=1S/C12H9BrINO3/c1-6-10(12(16)17-2)11(15-18-6)7-3-8(13)5-9(14)4-7/h3-5H,1-2H3. The molecule has 0 atom stereocenters. The van der Waals surface area contributed by atoms with Gasteiger partial charge in [0.25, 0.3) is 0 Å². The van der Waals surface area contributed by atoms with Crippen LogP contribution in [0.4, 0.5) is 0 Å². The SMILES string of the molecule is COC(=O)c1c(-c2cc(Br)cc(I)c2)noc1C. The number of hydrogen-bond donors (Lipinski definition) is 0. The Balaban J connectivity index is 2.61. The van der Waals surface area contributed by atoms with Crippen molar-refractivity contribution in [2.45, 2.75) is 6.92 Å². The molecule has 2 rings (SSSR count). The lowest BCUT2D eigenvalue weighted by molar-refractivity contribution is 0.0599. The molecule has 1 aromatic heterocycles. The summed E-state index contributed by atoms with van der Waals surface area (Å²) in [6.07, 6.45) is 0. The Morgan fingerprint density at radius 3 is 2.78 bits per heavy atom. The summed E-state index contributed by atoms with van der Waals surface area (Å²) >= 11 is 5.61. The molecule has 0 spiro atoms. The average Bonchev–Trinajstić information content (AvgIpc) is 2.69. The van der Waals surface area contributed by atoms with Gasteiger partial charge in [-0.2, -0.15) is 0 Å². The van der Waals surface area contributed by atoms with Gasteiger partial charge in [-0.3, -0.25) is 0 Å². The average molecular weight is 422 g/mol. The number of benzene rings is 1. The van der Waals surface area contributed by atoms with Gasteiger partial charge in [0.1, 0.15) is 17.0 Å². The predicted molar refractivity (Wildman–Crippen MR) is 78.4 cm³/mol. The second-order valence-electron chi connectivity index (χ2n) is 3.61. The maximum Gasteiger partial charge on any atom is 0.343 e. The molecular formula is C12H9BrINO3. The van der Waals surface area contributed by atoms with Crippen molar-refractivity contribution in [3.05, 3.63) is 37.6 Å². The van der Waals surface area contributed by atoms with Gasteiger partial charge < -0.3 is 9.26 Å². The Morgan fingerprint density at radius 1 is 1.44 bits per heavy atom. The summed E-state index contributed by atoms with van der Waals surface area (Å²) in [4.78, 5) is 11.7. The molecule has 18 heavy (non-hydrogen) atoms. The number of nitrogens with zero attached hydrogens (tertiary/aromatic N) is 1. The first kappa shape index (κ1) is 13.5. The minimum atomic E-state index is -0.446. The Morgan fingerprint density at radius 2 is 2.17 bits per heavy atom. The molecule has 0 N–H and O–H groups in total. The molecule has 0 radical (unpaired) electrons. The molecule has 2 aromatic rings. The van der Waals surface area contributed by atoms with E-state index in [9.17, 15) is 4.79 Å². The molecule has 0 saturated heterocycles. The van der Waals surface area contributed by atoms with Gasteiger partial charge in [0.2, 0.25) is 0 Å². The summed E-state index contributed by atoms with van der Waals surface area (Å²) in [5.41, 5.74) is 1.68. The van der Waals surface area contributed by atoms with Gasteiger partial charge in [-0.1, -0.05) is 21.1 Å². The van der Waals surface area contributed by atoms with Crippen LogP contribution in [-0.4, -0.2) is 18.2 Å². The smallest absolute Gasteiger partial charge is 0.343 e. The third-order valence-electron chi connectivity index (χ3n) is 2.39. The van der Waals surface area contributed by atoms with Crippen molar-refractivity contribution in [2.75, 3.05) is 7.11 Å². The van der Waals surface area contributed by atoms with Crippen LogP contribution in [0.1, 0.15) is 16.1 Å². The molecule has 6 heteroatoms. The van der Waals surface area contributed by atoms with E-state index in [1.54, 1.807) is 6.92 Å². The minimum Gasteiger partial charge on any atom is -0.465 e. The maximum atomic E-state index is 11.7. The van der Waals surface area contributed by atoms with E-state index in [-0.39, 0.29) is 0 Å². The molecule has 0 aliphatic heterocycles. The first-order chi connectivity index (χ1) is 8.52. The number of carbonyl (C=O) groups is 1. The number of carbonyl (C=O) groups excluding carboxylic acids is 1. The van der Waals surface area contributed by atoms with Gasteiger partial charge in [0.15, 0.2) is 0 Å². The summed E-state index contributed by atoms with van der Waals surface area (Å²) in [5.74, 6) is 0.00515. The monoisotopic (exact) mass is 421 g/mol. The van der Waals surface area contributed by atoms with E-state index < -0.39 is 5.97 Å². The zero-order valence-electron chi connectivity index (χ0n) is 9.66. The fourth-order valence-electron chi connectivity index (χ4n) is 1.60. The highest BCUT2D eigenvalue weighted by Gasteiger charge is 2.22. The Hall–Kier alpha value is -0.890. The summed E-state index contributed by atoms with van der Waals surface area (Å²) in [6, 6.07) is 5.77. The van der Waals surface area contributed by atoms with Crippen LogP contribution in [0.15, 0.2) is 27.2 Å². The molecule has 0 saturated carbocycles.